The van der Waals surface area contributed by atoms with Crippen molar-refractivity contribution in [2.45, 2.75) is 40.0 Å². The van der Waals surface area contributed by atoms with Crippen LogP contribution in [0.5, 0.6) is 0 Å². The largest absolute Gasteiger partial charge is 0.392 e. The van der Waals surface area contributed by atoms with Crippen molar-refractivity contribution in [3.8, 4) is 0 Å². The van der Waals surface area contributed by atoms with E-state index in [0.29, 0.717) is 24.6 Å². The van der Waals surface area contributed by atoms with Crippen LogP contribution in [0.3, 0.4) is 0 Å². The van der Waals surface area contributed by atoms with Gasteiger partial charge in [-0.15, -0.1) is 0 Å². The Morgan fingerprint density at radius 3 is 2.48 bits per heavy atom. The zero-order chi connectivity index (χ0) is 16.8. The number of aliphatic hydroxyl groups excluding tert-OH is 1. The van der Waals surface area contributed by atoms with E-state index in [4.69, 9.17) is 0 Å². The summed E-state index contributed by atoms with van der Waals surface area (Å²) in [6, 6.07) is 10.9. The molecule has 126 valence electrons. The van der Waals surface area contributed by atoms with Crippen LogP contribution in [0.2, 0.25) is 0 Å². The van der Waals surface area contributed by atoms with Crippen LogP contribution in [0.4, 0.5) is 4.39 Å². The number of aliphatic hydroxyl groups is 1. The maximum absolute atomic E-state index is 13.9. The van der Waals surface area contributed by atoms with Crippen LogP contribution in [0, 0.1) is 11.7 Å². The Labute approximate surface area is 138 Å². The standard InChI is InChI=1S/C19H27FN2O/c1-15(2)11-21(12-16(3)23)14-18-8-6-10-22(18)13-17-7-4-5-9-19(17)20/h4-10,15-16,23H,11-14H2,1-3H3. The van der Waals surface area contributed by atoms with E-state index in [2.05, 4.69) is 29.4 Å². The van der Waals surface area contributed by atoms with Crippen LogP contribution in [-0.2, 0) is 13.1 Å². The van der Waals surface area contributed by atoms with E-state index in [9.17, 15) is 9.50 Å². The molecule has 1 aromatic heterocycles. The number of hydrogen-bond acceptors (Lipinski definition) is 2. The smallest absolute Gasteiger partial charge is 0.128 e. The Kier molecular flexibility index (Phi) is 6.37. The second-order valence-electron chi connectivity index (χ2n) is 6.66. The molecule has 23 heavy (non-hydrogen) atoms. The molecule has 3 nitrogen and oxygen atoms in total. The van der Waals surface area contributed by atoms with E-state index in [1.807, 2.05) is 31.3 Å². The van der Waals surface area contributed by atoms with Crippen molar-refractivity contribution < 1.29 is 9.50 Å². The maximum Gasteiger partial charge on any atom is 0.128 e. The van der Waals surface area contributed by atoms with Gasteiger partial charge < -0.3 is 9.67 Å². The number of hydrogen-bond donors (Lipinski definition) is 1. The summed E-state index contributed by atoms with van der Waals surface area (Å²) in [5.74, 6) is 0.360. The number of halogens is 1. The fourth-order valence-corrected chi connectivity index (χ4v) is 2.88. The number of aromatic nitrogens is 1. The second-order valence-corrected chi connectivity index (χ2v) is 6.66. The predicted molar refractivity (Wildman–Crippen MR) is 91.7 cm³/mol. The molecule has 2 aromatic rings. The SMILES string of the molecule is CC(C)CN(Cc1cccn1Cc1ccccc1F)CC(C)O. The topological polar surface area (TPSA) is 28.4 Å². The molecular weight excluding hydrogens is 291 g/mol. The molecule has 1 atom stereocenters. The molecule has 0 saturated carbocycles. The van der Waals surface area contributed by atoms with Crippen molar-refractivity contribution in [3.63, 3.8) is 0 Å². The Balaban J connectivity index is 2.11. The Morgan fingerprint density at radius 1 is 1.09 bits per heavy atom. The molecule has 0 spiro atoms. The van der Waals surface area contributed by atoms with Crippen LogP contribution in [0.25, 0.3) is 0 Å². The van der Waals surface area contributed by atoms with Gasteiger partial charge in [-0.2, -0.15) is 0 Å². The molecule has 0 bridgehead atoms. The fourth-order valence-electron chi connectivity index (χ4n) is 2.88. The maximum atomic E-state index is 13.9. The highest BCUT2D eigenvalue weighted by molar-refractivity contribution is 5.19. The molecule has 0 aliphatic rings. The van der Waals surface area contributed by atoms with Crippen molar-refractivity contribution in [1.82, 2.24) is 9.47 Å². The lowest BCUT2D eigenvalue weighted by molar-refractivity contribution is 0.113. The molecule has 1 aromatic carbocycles. The molecule has 0 aliphatic heterocycles. The highest BCUT2D eigenvalue weighted by atomic mass is 19.1. The summed E-state index contributed by atoms with van der Waals surface area (Å²) in [6.45, 7) is 9.01. The molecule has 0 saturated heterocycles. The molecule has 2 rings (SSSR count). The van der Waals surface area contributed by atoms with Gasteiger partial charge in [-0.1, -0.05) is 32.0 Å². The molecule has 0 fully saturated rings. The van der Waals surface area contributed by atoms with Gasteiger partial charge in [0, 0.05) is 37.1 Å². The summed E-state index contributed by atoms with van der Waals surface area (Å²) < 4.78 is 15.9. The first kappa shape index (κ1) is 17.7. The fraction of sp³-hybridized carbons (Fsp3) is 0.474. The van der Waals surface area contributed by atoms with E-state index in [0.717, 1.165) is 18.8 Å². The Hall–Kier alpha value is -1.65. The van der Waals surface area contributed by atoms with Crippen LogP contribution in [0.1, 0.15) is 32.0 Å². The molecular formula is C19H27FN2O. The van der Waals surface area contributed by atoms with Crippen molar-refractivity contribution in [2.75, 3.05) is 13.1 Å². The van der Waals surface area contributed by atoms with E-state index >= 15 is 0 Å². The summed E-state index contributed by atoms with van der Waals surface area (Å²) in [4.78, 5) is 2.25. The monoisotopic (exact) mass is 318 g/mol. The third kappa shape index (κ3) is 5.48. The average molecular weight is 318 g/mol. The van der Waals surface area contributed by atoms with Gasteiger partial charge in [0.05, 0.1) is 12.6 Å². The molecule has 0 amide bonds. The first-order valence-electron chi connectivity index (χ1n) is 8.23. The lowest BCUT2D eigenvalue weighted by Crippen LogP contribution is -2.34. The summed E-state index contributed by atoms with van der Waals surface area (Å²) >= 11 is 0. The van der Waals surface area contributed by atoms with Gasteiger partial charge in [-0.3, -0.25) is 4.90 Å². The highest BCUT2D eigenvalue weighted by Gasteiger charge is 2.13. The highest BCUT2D eigenvalue weighted by Crippen LogP contribution is 2.14. The summed E-state index contributed by atoms with van der Waals surface area (Å²) in [5.41, 5.74) is 1.82. The first-order chi connectivity index (χ1) is 11.0. The zero-order valence-electron chi connectivity index (χ0n) is 14.2. The quantitative estimate of drug-likeness (QED) is 0.807. The van der Waals surface area contributed by atoms with Crippen molar-refractivity contribution >= 4 is 0 Å². The van der Waals surface area contributed by atoms with Gasteiger partial charge in [0.15, 0.2) is 0 Å². The average Bonchev–Trinajstić information content (AvgIpc) is 2.87. The lowest BCUT2D eigenvalue weighted by Gasteiger charge is -2.26. The second kappa shape index (κ2) is 8.27. The van der Waals surface area contributed by atoms with Crippen LogP contribution < -0.4 is 0 Å². The van der Waals surface area contributed by atoms with Crippen LogP contribution in [0.15, 0.2) is 42.6 Å². The first-order valence-corrected chi connectivity index (χ1v) is 8.23. The minimum atomic E-state index is -0.358. The van der Waals surface area contributed by atoms with E-state index in [1.54, 1.807) is 6.07 Å². The summed E-state index contributed by atoms with van der Waals surface area (Å²) in [5, 5.41) is 9.71. The van der Waals surface area contributed by atoms with Crippen molar-refractivity contribution in [2.24, 2.45) is 5.92 Å². The van der Waals surface area contributed by atoms with Crippen LogP contribution >= 0.6 is 0 Å². The molecule has 0 radical (unpaired) electrons. The number of benzene rings is 1. The van der Waals surface area contributed by atoms with Gasteiger partial charge in [0.25, 0.3) is 0 Å². The Bertz CT molecular complexity index is 597. The third-order valence-corrected chi connectivity index (χ3v) is 3.75. The summed E-state index contributed by atoms with van der Waals surface area (Å²) in [6.07, 6.45) is 1.63. The normalized spacial score (nSPS) is 13.0. The number of rotatable bonds is 8. The van der Waals surface area contributed by atoms with Gasteiger partial charge in [0.1, 0.15) is 5.82 Å². The molecule has 1 heterocycles. The van der Waals surface area contributed by atoms with Gasteiger partial charge in [-0.05, 0) is 31.0 Å². The minimum absolute atomic E-state index is 0.171. The predicted octanol–water partition coefficient (Wildman–Crippen LogP) is 3.51. The number of nitrogens with zero attached hydrogens (tertiary/aromatic N) is 2. The molecule has 0 aliphatic carbocycles. The zero-order valence-corrected chi connectivity index (χ0v) is 14.2. The van der Waals surface area contributed by atoms with Crippen molar-refractivity contribution in [1.29, 1.82) is 0 Å². The minimum Gasteiger partial charge on any atom is -0.392 e. The molecule has 1 unspecified atom stereocenters. The van der Waals surface area contributed by atoms with Crippen molar-refractivity contribution in [3.05, 3.63) is 59.7 Å². The third-order valence-electron chi connectivity index (χ3n) is 3.75. The lowest BCUT2D eigenvalue weighted by atomic mass is 10.2. The molecule has 1 N–H and O–H groups in total. The van der Waals surface area contributed by atoms with Crippen LogP contribution in [-0.4, -0.2) is 33.8 Å². The summed E-state index contributed by atoms with van der Waals surface area (Å²) in [7, 11) is 0. The van der Waals surface area contributed by atoms with E-state index < -0.39 is 0 Å². The van der Waals surface area contributed by atoms with Gasteiger partial charge in [0.2, 0.25) is 0 Å². The molecule has 4 heteroatoms. The Morgan fingerprint density at radius 2 is 1.83 bits per heavy atom. The van der Waals surface area contributed by atoms with E-state index in [1.165, 1.54) is 6.07 Å². The van der Waals surface area contributed by atoms with Gasteiger partial charge in [-0.25, -0.2) is 4.39 Å². The van der Waals surface area contributed by atoms with Gasteiger partial charge >= 0.3 is 0 Å². The van der Waals surface area contributed by atoms with E-state index in [-0.39, 0.29) is 11.9 Å².